The Labute approximate surface area is 72.5 Å². The fraction of sp³-hybridized carbons (Fsp3) is 0.778. The monoisotopic (exact) mass is 169 g/mol. The van der Waals surface area contributed by atoms with E-state index in [1.54, 1.807) is 7.05 Å². The summed E-state index contributed by atoms with van der Waals surface area (Å²) in [6, 6.07) is 0. The van der Waals surface area contributed by atoms with Crippen LogP contribution in [0.1, 0.15) is 32.1 Å². The van der Waals surface area contributed by atoms with E-state index in [1.165, 1.54) is 0 Å². The molecule has 0 radical (unpaired) electrons. The highest BCUT2D eigenvalue weighted by Gasteiger charge is 2.38. The molecule has 0 saturated heterocycles. The largest absolute Gasteiger partial charge is 0.358 e. The van der Waals surface area contributed by atoms with Crippen molar-refractivity contribution >= 4 is 12.2 Å². The van der Waals surface area contributed by atoms with Gasteiger partial charge in [0.05, 0.1) is 0 Å². The van der Waals surface area contributed by atoms with Crippen LogP contribution < -0.4 is 5.32 Å². The smallest absolute Gasteiger partial charge is 0.233 e. The minimum atomic E-state index is -0.701. The summed E-state index contributed by atoms with van der Waals surface area (Å²) in [5, 5.41) is 2.56. The fourth-order valence-corrected chi connectivity index (χ4v) is 1.83. The van der Waals surface area contributed by atoms with Gasteiger partial charge in [-0.15, -0.1) is 0 Å². The molecule has 12 heavy (non-hydrogen) atoms. The van der Waals surface area contributed by atoms with Crippen molar-refractivity contribution in [2.45, 2.75) is 32.1 Å². The molecule has 1 aliphatic carbocycles. The van der Waals surface area contributed by atoms with Gasteiger partial charge in [0.2, 0.25) is 5.91 Å². The second-order valence-electron chi connectivity index (χ2n) is 3.41. The zero-order chi connectivity index (χ0) is 9.03. The van der Waals surface area contributed by atoms with Gasteiger partial charge in [-0.1, -0.05) is 19.3 Å². The predicted octanol–water partition coefficient (Wildman–Crippen LogP) is 0.882. The van der Waals surface area contributed by atoms with Crippen molar-refractivity contribution in [2.24, 2.45) is 5.41 Å². The van der Waals surface area contributed by atoms with Gasteiger partial charge in [0.15, 0.2) is 0 Å². The number of nitrogens with one attached hydrogen (secondary N) is 1. The van der Waals surface area contributed by atoms with Crippen LogP contribution >= 0.6 is 0 Å². The van der Waals surface area contributed by atoms with Crippen molar-refractivity contribution in [3.05, 3.63) is 0 Å². The van der Waals surface area contributed by atoms with Gasteiger partial charge in [-0.3, -0.25) is 4.79 Å². The fourth-order valence-electron chi connectivity index (χ4n) is 1.83. The minimum absolute atomic E-state index is 0.114. The number of hydrogen-bond acceptors (Lipinski definition) is 2. The van der Waals surface area contributed by atoms with Crippen molar-refractivity contribution in [2.75, 3.05) is 7.05 Å². The van der Waals surface area contributed by atoms with Gasteiger partial charge in [-0.25, -0.2) is 0 Å². The zero-order valence-corrected chi connectivity index (χ0v) is 7.43. The predicted molar refractivity (Wildman–Crippen MR) is 45.6 cm³/mol. The third kappa shape index (κ3) is 1.49. The molecule has 0 aromatic rings. The highest BCUT2D eigenvalue weighted by Crippen LogP contribution is 2.34. The summed E-state index contributed by atoms with van der Waals surface area (Å²) in [5.41, 5.74) is -0.701. The Kier molecular flexibility index (Phi) is 2.84. The highest BCUT2D eigenvalue weighted by molar-refractivity contribution is 5.96. The Bertz CT molecular complexity index is 183. The topological polar surface area (TPSA) is 46.2 Å². The van der Waals surface area contributed by atoms with E-state index in [0.717, 1.165) is 38.4 Å². The first-order valence-electron chi connectivity index (χ1n) is 4.44. The van der Waals surface area contributed by atoms with Gasteiger partial charge in [0, 0.05) is 7.05 Å². The molecule has 0 aliphatic heterocycles. The maximum absolute atomic E-state index is 11.4. The number of rotatable bonds is 2. The molecule has 1 amide bonds. The Balaban J connectivity index is 2.72. The second kappa shape index (κ2) is 3.70. The Morgan fingerprint density at radius 1 is 1.33 bits per heavy atom. The zero-order valence-electron chi connectivity index (χ0n) is 7.43. The van der Waals surface area contributed by atoms with E-state index >= 15 is 0 Å². The lowest BCUT2D eigenvalue weighted by Crippen LogP contribution is -2.41. The number of carbonyl (C=O) groups excluding carboxylic acids is 2. The quantitative estimate of drug-likeness (QED) is 0.492. The molecule has 3 heteroatoms. The van der Waals surface area contributed by atoms with Gasteiger partial charge in [-0.05, 0) is 12.8 Å². The summed E-state index contributed by atoms with van der Waals surface area (Å²) in [5.74, 6) is -0.114. The Hall–Kier alpha value is -0.860. The number of aldehydes is 1. The van der Waals surface area contributed by atoms with Crippen LogP contribution in [0.3, 0.4) is 0 Å². The van der Waals surface area contributed by atoms with Crippen molar-refractivity contribution in [3.63, 3.8) is 0 Å². The molecule has 0 aromatic carbocycles. The van der Waals surface area contributed by atoms with Crippen LogP contribution in [0.15, 0.2) is 0 Å². The first kappa shape index (κ1) is 9.23. The van der Waals surface area contributed by atoms with Crippen molar-refractivity contribution in [1.82, 2.24) is 5.32 Å². The summed E-state index contributed by atoms with van der Waals surface area (Å²) in [6.45, 7) is 0. The lowest BCUT2D eigenvalue weighted by atomic mass is 9.74. The summed E-state index contributed by atoms with van der Waals surface area (Å²) in [6.07, 6.45) is 5.39. The third-order valence-corrected chi connectivity index (χ3v) is 2.65. The number of carbonyl (C=O) groups is 2. The average Bonchev–Trinajstić information content (AvgIpc) is 2.17. The molecule has 0 bridgehead atoms. The Morgan fingerprint density at radius 3 is 2.33 bits per heavy atom. The molecule has 68 valence electrons. The van der Waals surface area contributed by atoms with Crippen LogP contribution in [-0.2, 0) is 9.59 Å². The normalized spacial score (nSPS) is 21.4. The highest BCUT2D eigenvalue weighted by atomic mass is 16.2. The molecule has 1 rings (SSSR count). The summed E-state index contributed by atoms with van der Waals surface area (Å²) in [4.78, 5) is 22.2. The van der Waals surface area contributed by atoms with Crippen molar-refractivity contribution in [3.8, 4) is 0 Å². The molecule has 0 unspecified atom stereocenters. The van der Waals surface area contributed by atoms with Gasteiger partial charge in [0.1, 0.15) is 11.7 Å². The van der Waals surface area contributed by atoms with E-state index in [-0.39, 0.29) is 5.91 Å². The first-order valence-corrected chi connectivity index (χ1v) is 4.44. The molecule has 1 fully saturated rings. The molecule has 1 aliphatic rings. The van der Waals surface area contributed by atoms with E-state index in [9.17, 15) is 9.59 Å². The summed E-state index contributed by atoms with van der Waals surface area (Å²) >= 11 is 0. The molecule has 0 heterocycles. The van der Waals surface area contributed by atoms with Gasteiger partial charge < -0.3 is 10.1 Å². The first-order chi connectivity index (χ1) is 5.75. The van der Waals surface area contributed by atoms with Crippen LogP contribution in [0.5, 0.6) is 0 Å². The number of amides is 1. The molecule has 1 saturated carbocycles. The van der Waals surface area contributed by atoms with Crippen LogP contribution in [0.25, 0.3) is 0 Å². The van der Waals surface area contributed by atoms with Crippen molar-refractivity contribution < 1.29 is 9.59 Å². The number of hydrogen-bond donors (Lipinski definition) is 1. The van der Waals surface area contributed by atoms with Gasteiger partial charge >= 0.3 is 0 Å². The minimum Gasteiger partial charge on any atom is -0.358 e. The van der Waals surface area contributed by atoms with Crippen LogP contribution in [0, 0.1) is 5.41 Å². The second-order valence-corrected chi connectivity index (χ2v) is 3.41. The van der Waals surface area contributed by atoms with E-state index in [1.807, 2.05) is 0 Å². The lowest BCUT2D eigenvalue weighted by Gasteiger charge is -2.29. The molecule has 0 atom stereocenters. The van der Waals surface area contributed by atoms with Crippen LogP contribution in [0.2, 0.25) is 0 Å². The Morgan fingerprint density at radius 2 is 1.92 bits per heavy atom. The lowest BCUT2D eigenvalue weighted by molar-refractivity contribution is -0.138. The van der Waals surface area contributed by atoms with E-state index in [2.05, 4.69) is 5.32 Å². The van der Waals surface area contributed by atoms with Gasteiger partial charge in [-0.2, -0.15) is 0 Å². The third-order valence-electron chi connectivity index (χ3n) is 2.65. The molecular formula is C9H15NO2. The SMILES string of the molecule is CNC(=O)C1(C=O)CCCCC1. The molecule has 0 spiro atoms. The summed E-state index contributed by atoms with van der Waals surface area (Å²) < 4.78 is 0. The molecule has 0 aromatic heterocycles. The maximum Gasteiger partial charge on any atom is 0.233 e. The maximum atomic E-state index is 11.4. The molecule has 3 nitrogen and oxygen atoms in total. The van der Waals surface area contributed by atoms with E-state index < -0.39 is 5.41 Å². The van der Waals surface area contributed by atoms with Crippen LogP contribution in [0.4, 0.5) is 0 Å². The van der Waals surface area contributed by atoms with Crippen molar-refractivity contribution in [1.29, 1.82) is 0 Å². The summed E-state index contributed by atoms with van der Waals surface area (Å²) in [7, 11) is 1.59. The molecular weight excluding hydrogens is 154 g/mol. The molecule has 1 N–H and O–H groups in total. The standard InChI is InChI=1S/C9H15NO2/c1-10-8(12)9(7-11)5-3-2-4-6-9/h7H,2-6H2,1H3,(H,10,12). The average molecular weight is 169 g/mol. The van der Waals surface area contributed by atoms with E-state index in [0.29, 0.717) is 0 Å². The van der Waals surface area contributed by atoms with Gasteiger partial charge in [0.25, 0.3) is 0 Å². The van der Waals surface area contributed by atoms with E-state index in [4.69, 9.17) is 0 Å². The van der Waals surface area contributed by atoms with Crippen LogP contribution in [-0.4, -0.2) is 19.2 Å².